The van der Waals surface area contributed by atoms with Crippen LogP contribution in [0, 0.1) is 0 Å². The molecule has 1 saturated carbocycles. The summed E-state index contributed by atoms with van der Waals surface area (Å²) >= 11 is 0. The molecule has 220 valence electrons. The van der Waals surface area contributed by atoms with Crippen LogP contribution in [0.3, 0.4) is 0 Å². The van der Waals surface area contributed by atoms with Gasteiger partial charge in [0.05, 0.1) is 18.7 Å². The van der Waals surface area contributed by atoms with E-state index in [1.54, 1.807) is 0 Å². The smallest absolute Gasteiger partial charge is 0.254 e. The van der Waals surface area contributed by atoms with Crippen molar-refractivity contribution in [3.63, 3.8) is 0 Å². The van der Waals surface area contributed by atoms with E-state index >= 15 is 0 Å². The normalized spacial score (nSPS) is 24.9. The molecular weight excluding hydrogens is 528 g/mol. The molecule has 9 nitrogen and oxygen atoms in total. The number of nitrogens with zero attached hydrogens (tertiary/aromatic N) is 5. The molecule has 1 aliphatic carbocycles. The summed E-state index contributed by atoms with van der Waals surface area (Å²) < 4.78 is 12.0. The van der Waals surface area contributed by atoms with Gasteiger partial charge in [0.25, 0.3) is 5.91 Å². The van der Waals surface area contributed by atoms with Crippen molar-refractivity contribution >= 4 is 22.8 Å². The fraction of sp³-hybridized carbons (Fsp3) is 0.545. The maximum atomic E-state index is 13.0. The molecule has 1 amide bonds. The second kappa shape index (κ2) is 11.1. The summed E-state index contributed by atoms with van der Waals surface area (Å²) in [7, 11) is 0. The minimum absolute atomic E-state index is 0.154. The molecule has 9 heteroatoms. The van der Waals surface area contributed by atoms with Crippen molar-refractivity contribution in [2.75, 3.05) is 57.4 Å². The minimum Gasteiger partial charge on any atom is -0.489 e. The van der Waals surface area contributed by atoms with Crippen molar-refractivity contribution in [1.29, 1.82) is 0 Å². The van der Waals surface area contributed by atoms with E-state index in [4.69, 9.17) is 19.4 Å². The quantitative estimate of drug-likeness (QED) is 0.462. The van der Waals surface area contributed by atoms with E-state index in [-0.39, 0.29) is 12.0 Å². The average Bonchev–Trinajstić information content (AvgIpc) is 3.71. The first-order valence-corrected chi connectivity index (χ1v) is 15.8. The van der Waals surface area contributed by atoms with E-state index in [9.17, 15) is 4.79 Å². The number of piperidine rings is 1. The highest BCUT2D eigenvalue weighted by Gasteiger charge is 2.34. The fourth-order valence-corrected chi connectivity index (χ4v) is 7.22. The van der Waals surface area contributed by atoms with Crippen LogP contribution in [-0.2, 0) is 17.8 Å². The van der Waals surface area contributed by atoms with Crippen molar-refractivity contribution in [2.24, 2.45) is 0 Å². The molecular formula is C33H40N6O3. The number of amides is 1. The number of anilines is 1. The largest absolute Gasteiger partial charge is 0.489 e. The molecule has 3 saturated heterocycles. The summed E-state index contributed by atoms with van der Waals surface area (Å²) in [5, 5.41) is 4.58. The number of hydrogen-bond donors (Lipinski definition) is 1. The Morgan fingerprint density at radius 2 is 1.95 bits per heavy atom. The monoisotopic (exact) mass is 568 g/mol. The lowest BCUT2D eigenvalue weighted by Crippen LogP contribution is -2.46. The van der Waals surface area contributed by atoms with Crippen molar-refractivity contribution in [3.8, 4) is 5.75 Å². The van der Waals surface area contributed by atoms with Crippen LogP contribution in [0.5, 0.6) is 5.75 Å². The highest BCUT2D eigenvalue weighted by atomic mass is 16.5. The zero-order chi connectivity index (χ0) is 28.0. The Hall–Kier alpha value is -3.27. The second-order valence-corrected chi connectivity index (χ2v) is 12.7. The van der Waals surface area contributed by atoms with E-state index in [1.807, 2.05) is 23.2 Å². The molecule has 3 aromatic rings. The molecule has 2 aromatic carbocycles. The molecule has 0 spiro atoms. The van der Waals surface area contributed by atoms with Crippen LogP contribution in [0.1, 0.15) is 65.1 Å². The van der Waals surface area contributed by atoms with Gasteiger partial charge in [0, 0.05) is 69.0 Å². The van der Waals surface area contributed by atoms with Crippen LogP contribution in [-0.4, -0.2) is 90.3 Å². The lowest BCUT2D eigenvalue weighted by Gasteiger charge is -2.31. The topological polar surface area (TPSA) is 83.1 Å². The molecule has 1 N–H and O–H groups in total. The molecule has 5 heterocycles. The van der Waals surface area contributed by atoms with E-state index in [1.165, 1.54) is 24.0 Å². The van der Waals surface area contributed by atoms with Crippen LogP contribution >= 0.6 is 0 Å². The minimum atomic E-state index is 0.154. The van der Waals surface area contributed by atoms with Gasteiger partial charge in [0.2, 0.25) is 5.95 Å². The summed E-state index contributed by atoms with van der Waals surface area (Å²) in [5.74, 6) is 2.49. The van der Waals surface area contributed by atoms with Gasteiger partial charge in [-0.3, -0.25) is 9.69 Å². The Morgan fingerprint density at radius 1 is 1.05 bits per heavy atom. The zero-order valence-corrected chi connectivity index (χ0v) is 24.3. The first kappa shape index (κ1) is 26.4. The number of carbonyl (C=O) groups excluding carboxylic acids is 1. The number of fused-ring (bicyclic) bond motifs is 2. The van der Waals surface area contributed by atoms with Gasteiger partial charge in [0.15, 0.2) is 0 Å². The van der Waals surface area contributed by atoms with Crippen molar-refractivity contribution in [3.05, 3.63) is 58.8 Å². The Morgan fingerprint density at radius 3 is 2.79 bits per heavy atom. The van der Waals surface area contributed by atoms with Crippen molar-refractivity contribution in [1.82, 2.24) is 25.1 Å². The average molecular weight is 569 g/mol. The number of aromatic nitrogens is 2. The SMILES string of the molecule is O=C1c2ccc(O[C@H]3CCN(Cc4cc(C5CC5)c5nc(N6CCOCC6)ncc5c4)C3)cc2CN1[C@H]1CCCNC1. The van der Waals surface area contributed by atoms with Gasteiger partial charge in [-0.1, -0.05) is 6.07 Å². The molecule has 1 aromatic heterocycles. The predicted octanol–water partition coefficient (Wildman–Crippen LogP) is 3.70. The van der Waals surface area contributed by atoms with Crippen LogP contribution in [0.4, 0.5) is 5.95 Å². The first-order valence-electron chi connectivity index (χ1n) is 15.8. The molecule has 4 aliphatic heterocycles. The van der Waals surface area contributed by atoms with Gasteiger partial charge in [-0.25, -0.2) is 9.97 Å². The van der Waals surface area contributed by atoms with E-state index in [0.29, 0.717) is 18.5 Å². The molecule has 0 bridgehead atoms. The van der Waals surface area contributed by atoms with Crippen molar-refractivity contribution < 1.29 is 14.3 Å². The third kappa shape index (κ3) is 5.23. The van der Waals surface area contributed by atoms with Gasteiger partial charge in [-0.05, 0) is 85.5 Å². The summed E-state index contributed by atoms with van der Waals surface area (Å²) in [6.45, 7) is 8.62. The Kier molecular flexibility index (Phi) is 6.97. The number of rotatable bonds is 7. The summed E-state index contributed by atoms with van der Waals surface area (Å²) in [4.78, 5) is 29.6. The molecule has 0 unspecified atom stereocenters. The Bertz CT molecular complexity index is 1480. The molecule has 42 heavy (non-hydrogen) atoms. The highest BCUT2D eigenvalue weighted by molar-refractivity contribution is 5.98. The Balaban J connectivity index is 0.930. The predicted molar refractivity (Wildman–Crippen MR) is 161 cm³/mol. The maximum Gasteiger partial charge on any atom is 0.254 e. The van der Waals surface area contributed by atoms with Crippen LogP contribution < -0.4 is 15.0 Å². The molecule has 2 atom stereocenters. The molecule has 0 radical (unpaired) electrons. The van der Waals surface area contributed by atoms with Gasteiger partial charge >= 0.3 is 0 Å². The number of morpholine rings is 1. The number of hydrogen-bond acceptors (Lipinski definition) is 8. The number of ether oxygens (including phenoxy) is 2. The lowest BCUT2D eigenvalue weighted by atomic mass is 10.0. The number of benzene rings is 2. The number of carbonyl (C=O) groups is 1. The fourth-order valence-electron chi connectivity index (χ4n) is 7.22. The van der Waals surface area contributed by atoms with Gasteiger partial charge in [0.1, 0.15) is 11.9 Å². The number of likely N-dealkylation sites (tertiary alicyclic amines) is 1. The number of nitrogens with one attached hydrogen (secondary N) is 1. The standard InChI is InChI=1S/C33H40N6O3/c40-32-29-6-5-27(16-25(29)20-39(32)26-2-1-8-34-18-26)42-28-7-9-37(21-28)19-22-14-24-17-35-33(38-10-12-41-13-11-38)36-31(24)30(15-22)23-3-4-23/h5-6,14-17,23,26,28,34H,1-4,7-13,18-21H2/t26-,28-/m0/s1. The van der Waals surface area contributed by atoms with Gasteiger partial charge in [-0.15, -0.1) is 0 Å². The highest BCUT2D eigenvalue weighted by Crippen LogP contribution is 2.43. The maximum absolute atomic E-state index is 13.0. The van der Waals surface area contributed by atoms with Crippen LogP contribution in [0.15, 0.2) is 36.5 Å². The van der Waals surface area contributed by atoms with Crippen LogP contribution in [0.25, 0.3) is 10.9 Å². The molecule has 5 aliphatic rings. The zero-order valence-electron chi connectivity index (χ0n) is 24.3. The lowest BCUT2D eigenvalue weighted by molar-refractivity contribution is 0.0674. The second-order valence-electron chi connectivity index (χ2n) is 12.7. The summed E-state index contributed by atoms with van der Waals surface area (Å²) in [6.07, 6.45) is 7.88. The first-order chi connectivity index (χ1) is 20.7. The van der Waals surface area contributed by atoms with Gasteiger partial charge in [-0.2, -0.15) is 0 Å². The van der Waals surface area contributed by atoms with E-state index < -0.39 is 0 Å². The third-order valence-corrected chi connectivity index (χ3v) is 9.63. The van der Waals surface area contributed by atoms with Crippen LogP contribution in [0.2, 0.25) is 0 Å². The molecule has 4 fully saturated rings. The molecule has 8 rings (SSSR count). The van der Waals surface area contributed by atoms with Crippen molar-refractivity contribution in [2.45, 2.75) is 63.3 Å². The van der Waals surface area contributed by atoms with E-state index in [2.05, 4.69) is 33.3 Å². The summed E-state index contributed by atoms with van der Waals surface area (Å²) in [5.41, 5.74) is 5.78. The Labute approximate surface area is 247 Å². The summed E-state index contributed by atoms with van der Waals surface area (Å²) in [6, 6.07) is 11.0. The van der Waals surface area contributed by atoms with E-state index in [0.717, 1.165) is 112 Å². The third-order valence-electron chi connectivity index (χ3n) is 9.63. The van der Waals surface area contributed by atoms with Gasteiger partial charge < -0.3 is 24.6 Å².